The topological polar surface area (TPSA) is 60.1 Å². The highest BCUT2D eigenvalue weighted by molar-refractivity contribution is 7.20. The van der Waals surface area contributed by atoms with E-state index < -0.39 is 150 Å². The largest absolute Gasteiger partial charge is 0.421 e. The third-order valence-corrected chi connectivity index (χ3v) is 10.9. The molecule has 0 fully saturated rings. The SMILES string of the molecule is Cc1cccc(OC(=O)c2c[n+](CC(=O)c3ccccc3)ccn2)c1C.Fc1c(F)c(F)c([B-](c2c(F)c(F)c(F)c(F)c2F)(c2c(F)c(F)c(F)c(F)c2F)c2c(F)c(F)c(F)c(F)c2F)c(F)c1F. The van der Waals surface area contributed by atoms with Crippen LogP contribution in [0.1, 0.15) is 32.0 Å². The Labute approximate surface area is 383 Å². The van der Waals surface area contributed by atoms with Crippen LogP contribution in [0.3, 0.4) is 0 Å². The van der Waals surface area contributed by atoms with Gasteiger partial charge in [0.25, 0.3) is 0 Å². The number of halogens is 20. The van der Waals surface area contributed by atoms with Crippen molar-refractivity contribution in [2.75, 3.05) is 0 Å². The number of carbonyl (C=O) groups is 2. The van der Waals surface area contributed by atoms with Crippen molar-refractivity contribution in [1.82, 2.24) is 4.98 Å². The van der Waals surface area contributed by atoms with Gasteiger partial charge in [-0.05, 0) is 31.0 Å². The summed E-state index contributed by atoms with van der Waals surface area (Å²) in [7, 11) is 0. The summed E-state index contributed by atoms with van der Waals surface area (Å²) in [6.07, 6.45) is -2.56. The lowest BCUT2D eigenvalue weighted by Crippen LogP contribution is -2.81. The van der Waals surface area contributed by atoms with Crippen LogP contribution in [-0.2, 0) is 6.54 Å². The minimum atomic E-state index is -7.22. The zero-order valence-corrected chi connectivity index (χ0v) is 34.8. The van der Waals surface area contributed by atoms with Crippen molar-refractivity contribution in [2.24, 2.45) is 0 Å². The molecule has 0 N–H and O–H groups in total. The van der Waals surface area contributed by atoms with E-state index in [2.05, 4.69) is 4.98 Å². The molecule has 0 unspecified atom stereocenters. The second kappa shape index (κ2) is 19.9. The van der Waals surface area contributed by atoms with Gasteiger partial charge in [-0.3, -0.25) is 4.79 Å². The van der Waals surface area contributed by atoms with Crippen LogP contribution >= 0.6 is 0 Å². The standard InChI is InChI=1S/C24BF20.C21H19N2O3/c26-5-1(6(27)14(35)21(42)13(5)34)25(2-7(28)15(36)22(43)16(37)8(2)29,3-9(30)17(38)23(44)18(39)10(3)31)4-11(32)19(40)24(45)20(41)12(4)33;1-15-7-6-10-20(16(15)2)26-21(25)18-13-23(12-11-22-18)14-19(24)17-8-4-3-5-9-17/h;3-13H,14H2,1-2H3/q-1;+1. The first-order chi connectivity index (χ1) is 33.2. The van der Waals surface area contributed by atoms with Gasteiger partial charge in [0.2, 0.25) is 24.2 Å². The van der Waals surface area contributed by atoms with Gasteiger partial charge in [-0.25, -0.2) is 97.6 Å². The van der Waals surface area contributed by atoms with E-state index in [0.29, 0.717) is 11.3 Å². The van der Waals surface area contributed by atoms with Gasteiger partial charge in [-0.1, -0.05) is 42.5 Å². The van der Waals surface area contributed by atoms with Gasteiger partial charge >= 0.3 is 5.97 Å². The monoisotopic (exact) mass is 1030 g/mol. The molecule has 370 valence electrons. The molecule has 0 radical (unpaired) electrons. The van der Waals surface area contributed by atoms with E-state index in [0.717, 1.165) is 11.1 Å². The summed E-state index contributed by atoms with van der Waals surface area (Å²) in [6, 6.07) is 14.6. The number of aryl methyl sites for hydroxylation is 1. The lowest BCUT2D eigenvalue weighted by atomic mass is 9.12. The highest BCUT2D eigenvalue weighted by Crippen LogP contribution is 2.31. The highest BCUT2D eigenvalue weighted by atomic mass is 19.2. The predicted octanol–water partition coefficient (Wildman–Crippen LogP) is 8.93. The minimum Gasteiger partial charge on any atom is -0.421 e. The molecule has 0 aliphatic rings. The normalized spacial score (nSPS) is 11.4. The fourth-order valence-electron chi connectivity index (χ4n) is 7.38. The molecule has 0 saturated heterocycles. The van der Waals surface area contributed by atoms with Crippen molar-refractivity contribution in [2.45, 2.75) is 20.4 Å². The van der Waals surface area contributed by atoms with Gasteiger partial charge in [0.05, 0.1) is 6.20 Å². The quantitative estimate of drug-likeness (QED) is 0.0212. The van der Waals surface area contributed by atoms with Crippen molar-refractivity contribution < 1.29 is 107 Å². The van der Waals surface area contributed by atoms with Gasteiger partial charge in [-0.2, -0.15) is 4.57 Å². The van der Waals surface area contributed by atoms with Crippen LogP contribution in [-0.4, -0.2) is 22.9 Å². The first kappa shape index (κ1) is 52.6. The number of hydrogen-bond acceptors (Lipinski definition) is 4. The number of benzene rings is 6. The van der Waals surface area contributed by atoms with Crippen LogP contribution in [0.25, 0.3) is 0 Å². The van der Waals surface area contributed by atoms with Crippen molar-refractivity contribution in [3.05, 3.63) is 206 Å². The Morgan fingerprint density at radius 1 is 0.465 bits per heavy atom. The van der Waals surface area contributed by atoms with Gasteiger partial charge in [0.1, 0.15) is 58.4 Å². The summed E-state index contributed by atoms with van der Waals surface area (Å²) in [5, 5.41) is 0. The van der Waals surface area contributed by atoms with Crippen LogP contribution in [0.4, 0.5) is 87.8 Å². The van der Waals surface area contributed by atoms with E-state index in [4.69, 9.17) is 4.74 Å². The number of Topliss-reactive ketones (excluding diaryl/α,β-unsaturated/α-hetero) is 1. The number of carbonyl (C=O) groups excluding carboxylic acids is 2. The van der Waals surface area contributed by atoms with Gasteiger partial charge in [-0.15, -0.1) is 21.9 Å². The maximum absolute atomic E-state index is 15.4. The molecule has 5 nitrogen and oxygen atoms in total. The van der Waals surface area contributed by atoms with Crippen LogP contribution < -0.4 is 31.2 Å². The molecule has 1 heterocycles. The van der Waals surface area contributed by atoms with Crippen LogP contribution in [0.5, 0.6) is 5.75 Å². The van der Waals surface area contributed by atoms with Gasteiger partial charge in [0.15, 0.2) is 76.0 Å². The molecule has 71 heavy (non-hydrogen) atoms. The molecule has 7 rings (SSSR count). The van der Waals surface area contributed by atoms with E-state index >= 15 is 35.1 Å². The zero-order chi connectivity index (χ0) is 52.9. The average Bonchev–Trinajstić information content (AvgIpc) is 3.35. The number of aromatic nitrogens is 2. The fourth-order valence-corrected chi connectivity index (χ4v) is 7.38. The maximum Gasteiger partial charge on any atom is 0.368 e. The molecule has 26 heteroatoms. The fraction of sp³-hybridized carbons (Fsp3) is 0.0667. The lowest BCUT2D eigenvalue weighted by Gasteiger charge is -2.44. The number of ketones is 1. The summed E-state index contributed by atoms with van der Waals surface area (Å²) in [4.78, 5) is 28.8. The predicted molar refractivity (Wildman–Crippen MR) is 205 cm³/mol. The molecule has 0 saturated carbocycles. The molecule has 0 aliphatic heterocycles. The Balaban J connectivity index is 0.000000268. The van der Waals surface area contributed by atoms with E-state index in [1.165, 1.54) is 12.4 Å². The Morgan fingerprint density at radius 3 is 1.15 bits per heavy atom. The van der Waals surface area contributed by atoms with Crippen LogP contribution in [0.2, 0.25) is 0 Å². The Hall–Kier alpha value is -7.80. The number of hydrogen-bond donors (Lipinski definition) is 0. The molecule has 0 spiro atoms. The van der Waals surface area contributed by atoms with Crippen molar-refractivity contribution in [3.63, 3.8) is 0 Å². The number of ether oxygens (including phenoxy) is 1. The summed E-state index contributed by atoms with van der Waals surface area (Å²) in [5.41, 5.74) is -11.6. The second-order valence-electron chi connectivity index (χ2n) is 14.8. The third-order valence-electron chi connectivity index (χ3n) is 10.9. The van der Waals surface area contributed by atoms with Crippen LogP contribution in [0.15, 0.2) is 67.1 Å². The third kappa shape index (κ3) is 8.78. The Morgan fingerprint density at radius 2 is 0.803 bits per heavy atom. The zero-order valence-electron chi connectivity index (χ0n) is 34.8. The molecule has 1 aromatic heterocycles. The van der Waals surface area contributed by atoms with Crippen molar-refractivity contribution in [1.29, 1.82) is 0 Å². The summed E-state index contributed by atoms with van der Waals surface area (Å²) in [6.45, 7) is 3.97. The van der Waals surface area contributed by atoms with Crippen molar-refractivity contribution in [3.8, 4) is 5.75 Å². The minimum absolute atomic E-state index is 0.0457. The van der Waals surface area contributed by atoms with Gasteiger partial charge in [0, 0.05) is 5.56 Å². The van der Waals surface area contributed by atoms with E-state index in [9.17, 15) is 62.3 Å². The molecular formula is C45H19BF20N2O3. The lowest BCUT2D eigenvalue weighted by molar-refractivity contribution is -0.683. The summed E-state index contributed by atoms with van der Waals surface area (Å²) < 4.78 is 301. The molecule has 0 bridgehead atoms. The van der Waals surface area contributed by atoms with E-state index in [1.807, 2.05) is 44.2 Å². The highest BCUT2D eigenvalue weighted by Gasteiger charge is 2.52. The number of rotatable bonds is 9. The first-order valence-electron chi connectivity index (χ1n) is 19.2. The molecular weight excluding hydrogens is 1010 g/mol. The summed E-state index contributed by atoms with van der Waals surface area (Å²) >= 11 is 0. The first-order valence-corrected chi connectivity index (χ1v) is 19.2. The molecule has 6 aromatic carbocycles. The van der Waals surface area contributed by atoms with Crippen LogP contribution in [0, 0.1) is 130 Å². The van der Waals surface area contributed by atoms with Gasteiger partial charge < -0.3 is 4.74 Å². The average molecular weight is 1030 g/mol. The molecule has 0 atom stereocenters. The Kier molecular flexibility index (Phi) is 14.7. The molecule has 0 aliphatic carbocycles. The molecule has 7 aromatic rings. The van der Waals surface area contributed by atoms with E-state index in [1.54, 1.807) is 29.0 Å². The van der Waals surface area contributed by atoms with Crippen molar-refractivity contribution >= 4 is 39.7 Å². The maximum atomic E-state index is 15.4. The second-order valence-corrected chi connectivity index (χ2v) is 14.8. The smallest absolute Gasteiger partial charge is 0.368 e. The van der Waals surface area contributed by atoms with E-state index in [-0.39, 0.29) is 18.0 Å². The number of nitrogens with zero attached hydrogens (tertiary/aromatic N) is 2. The molecule has 0 amide bonds. The Bertz CT molecular complexity index is 2960. The summed E-state index contributed by atoms with van der Waals surface area (Å²) in [5.74, 6) is -71.5. The number of esters is 1.